The van der Waals surface area contributed by atoms with E-state index in [9.17, 15) is 4.79 Å². The summed E-state index contributed by atoms with van der Waals surface area (Å²) in [5, 5.41) is 12.2. The molecule has 1 aliphatic rings. The quantitative estimate of drug-likeness (QED) is 0.629. The van der Waals surface area contributed by atoms with Gasteiger partial charge in [0.2, 0.25) is 0 Å². The van der Waals surface area contributed by atoms with Crippen LogP contribution in [0.15, 0.2) is 23.9 Å². The van der Waals surface area contributed by atoms with Gasteiger partial charge in [0.25, 0.3) is 5.91 Å². The third kappa shape index (κ3) is 2.47. The van der Waals surface area contributed by atoms with Crippen molar-refractivity contribution in [2.24, 2.45) is 11.1 Å². The van der Waals surface area contributed by atoms with Crippen molar-refractivity contribution in [2.75, 3.05) is 13.1 Å². The Morgan fingerprint density at radius 2 is 2.28 bits per heavy atom. The zero-order chi connectivity index (χ0) is 13.0. The standard InChI is InChI=1S/C12H16N4O2/c1-2-9-7-16(4-3-11(9)15-18)12(17)10-5-13-8-14-6-10/h5-6,8-9,18H,2-4,7H2,1H3. The molecule has 1 unspecified atom stereocenters. The molecule has 6 heteroatoms. The van der Waals surface area contributed by atoms with Crippen LogP contribution in [0.5, 0.6) is 0 Å². The van der Waals surface area contributed by atoms with Gasteiger partial charge in [-0.2, -0.15) is 0 Å². The number of piperidine rings is 1. The molecule has 18 heavy (non-hydrogen) atoms. The molecule has 0 saturated carbocycles. The molecular weight excluding hydrogens is 232 g/mol. The Kier molecular flexibility index (Phi) is 3.86. The third-order valence-electron chi connectivity index (χ3n) is 3.27. The fraction of sp³-hybridized carbons (Fsp3) is 0.500. The summed E-state index contributed by atoms with van der Waals surface area (Å²) >= 11 is 0. The predicted octanol–water partition coefficient (Wildman–Crippen LogP) is 1.18. The molecule has 1 saturated heterocycles. The number of aromatic nitrogens is 2. The van der Waals surface area contributed by atoms with Crippen LogP contribution >= 0.6 is 0 Å². The van der Waals surface area contributed by atoms with Gasteiger partial charge in [-0.25, -0.2) is 9.97 Å². The molecule has 1 amide bonds. The average molecular weight is 248 g/mol. The monoisotopic (exact) mass is 248 g/mol. The second kappa shape index (κ2) is 5.57. The summed E-state index contributed by atoms with van der Waals surface area (Å²) in [6.07, 6.45) is 5.92. The summed E-state index contributed by atoms with van der Waals surface area (Å²) in [4.78, 5) is 21.7. The molecule has 0 radical (unpaired) electrons. The van der Waals surface area contributed by atoms with E-state index in [1.807, 2.05) is 6.92 Å². The molecule has 2 rings (SSSR count). The third-order valence-corrected chi connectivity index (χ3v) is 3.27. The molecule has 2 heterocycles. The van der Waals surface area contributed by atoms with Gasteiger partial charge in [-0.3, -0.25) is 4.79 Å². The van der Waals surface area contributed by atoms with Gasteiger partial charge in [-0.1, -0.05) is 12.1 Å². The highest BCUT2D eigenvalue weighted by molar-refractivity contribution is 5.96. The van der Waals surface area contributed by atoms with Gasteiger partial charge in [0.05, 0.1) is 11.3 Å². The number of nitrogens with zero attached hydrogens (tertiary/aromatic N) is 4. The summed E-state index contributed by atoms with van der Waals surface area (Å²) < 4.78 is 0. The number of carbonyl (C=O) groups is 1. The summed E-state index contributed by atoms with van der Waals surface area (Å²) in [5.74, 6) is 0.0726. The maximum atomic E-state index is 12.2. The van der Waals surface area contributed by atoms with Crippen LogP contribution < -0.4 is 0 Å². The average Bonchev–Trinajstić information content (AvgIpc) is 2.46. The van der Waals surface area contributed by atoms with Crippen molar-refractivity contribution >= 4 is 11.6 Å². The first-order chi connectivity index (χ1) is 8.76. The lowest BCUT2D eigenvalue weighted by Gasteiger charge is -2.32. The van der Waals surface area contributed by atoms with E-state index in [1.165, 1.54) is 18.7 Å². The smallest absolute Gasteiger partial charge is 0.257 e. The van der Waals surface area contributed by atoms with Crippen LogP contribution in [0.4, 0.5) is 0 Å². The fourth-order valence-corrected chi connectivity index (χ4v) is 2.19. The molecule has 1 aromatic heterocycles. The van der Waals surface area contributed by atoms with Crippen LogP contribution in [0.25, 0.3) is 0 Å². The lowest BCUT2D eigenvalue weighted by atomic mass is 9.93. The van der Waals surface area contributed by atoms with Gasteiger partial charge in [-0.15, -0.1) is 0 Å². The first-order valence-electron chi connectivity index (χ1n) is 6.01. The number of likely N-dealkylation sites (tertiary alicyclic amines) is 1. The zero-order valence-electron chi connectivity index (χ0n) is 10.3. The van der Waals surface area contributed by atoms with Crippen LogP contribution in [-0.2, 0) is 0 Å². The Morgan fingerprint density at radius 1 is 1.56 bits per heavy atom. The number of oxime groups is 1. The predicted molar refractivity (Wildman–Crippen MR) is 65.6 cm³/mol. The first kappa shape index (κ1) is 12.5. The molecule has 0 aromatic carbocycles. The highest BCUT2D eigenvalue weighted by atomic mass is 16.4. The SMILES string of the molecule is CCC1CN(C(=O)c2cncnc2)CCC1=NO. The molecule has 0 bridgehead atoms. The van der Waals surface area contributed by atoms with E-state index in [0.29, 0.717) is 25.1 Å². The molecule has 1 aromatic rings. The largest absolute Gasteiger partial charge is 0.411 e. The van der Waals surface area contributed by atoms with Crippen molar-refractivity contribution in [1.29, 1.82) is 0 Å². The Balaban J connectivity index is 2.10. The van der Waals surface area contributed by atoms with Crippen molar-refractivity contribution in [3.8, 4) is 0 Å². The minimum absolute atomic E-state index is 0.0639. The molecule has 0 spiro atoms. The highest BCUT2D eigenvalue weighted by Gasteiger charge is 2.28. The number of amides is 1. The van der Waals surface area contributed by atoms with E-state index in [2.05, 4.69) is 15.1 Å². The Labute approximate surface area is 105 Å². The van der Waals surface area contributed by atoms with E-state index in [1.54, 1.807) is 4.90 Å². The highest BCUT2D eigenvalue weighted by Crippen LogP contribution is 2.19. The van der Waals surface area contributed by atoms with E-state index in [-0.39, 0.29) is 11.8 Å². The van der Waals surface area contributed by atoms with Crippen LogP contribution in [0.3, 0.4) is 0 Å². The van der Waals surface area contributed by atoms with Crippen molar-refractivity contribution in [3.63, 3.8) is 0 Å². The Bertz CT molecular complexity index is 447. The van der Waals surface area contributed by atoms with Crippen molar-refractivity contribution in [3.05, 3.63) is 24.3 Å². The van der Waals surface area contributed by atoms with Gasteiger partial charge >= 0.3 is 0 Å². The van der Waals surface area contributed by atoms with Gasteiger partial charge in [-0.05, 0) is 6.42 Å². The molecule has 1 aliphatic heterocycles. The Hall–Kier alpha value is -1.98. The number of hydrogen-bond acceptors (Lipinski definition) is 5. The molecule has 96 valence electrons. The molecule has 1 fully saturated rings. The maximum absolute atomic E-state index is 12.2. The molecule has 1 atom stereocenters. The number of carbonyl (C=O) groups excluding carboxylic acids is 1. The maximum Gasteiger partial charge on any atom is 0.257 e. The number of hydrogen-bond donors (Lipinski definition) is 1. The summed E-state index contributed by atoms with van der Waals surface area (Å²) in [5.41, 5.74) is 1.28. The second-order valence-corrected chi connectivity index (χ2v) is 4.32. The summed E-state index contributed by atoms with van der Waals surface area (Å²) in [6, 6.07) is 0. The molecule has 6 nitrogen and oxygen atoms in total. The van der Waals surface area contributed by atoms with E-state index < -0.39 is 0 Å². The normalized spacial score (nSPS) is 22.2. The van der Waals surface area contributed by atoms with Crippen molar-refractivity contribution in [2.45, 2.75) is 19.8 Å². The van der Waals surface area contributed by atoms with Crippen molar-refractivity contribution < 1.29 is 10.0 Å². The van der Waals surface area contributed by atoms with Crippen molar-refractivity contribution in [1.82, 2.24) is 14.9 Å². The topological polar surface area (TPSA) is 78.7 Å². The lowest BCUT2D eigenvalue weighted by molar-refractivity contribution is 0.0728. The fourth-order valence-electron chi connectivity index (χ4n) is 2.19. The number of rotatable bonds is 2. The second-order valence-electron chi connectivity index (χ2n) is 4.32. The zero-order valence-corrected chi connectivity index (χ0v) is 10.3. The van der Waals surface area contributed by atoms with Crippen LogP contribution in [0, 0.1) is 5.92 Å². The Morgan fingerprint density at radius 3 is 2.89 bits per heavy atom. The van der Waals surface area contributed by atoms with Gasteiger partial charge in [0.15, 0.2) is 0 Å². The van der Waals surface area contributed by atoms with Gasteiger partial charge in [0.1, 0.15) is 6.33 Å². The van der Waals surface area contributed by atoms with Crippen LogP contribution in [0.1, 0.15) is 30.1 Å². The molecule has 0 aliphatic carbocycles. The van der Waals surface area contributed by atoms with Crippen LogP contribution in [0.2, 0.25) is 0 Å². The molecule has 1 N–H and O–H groups in total. The van der Waals surface area contributed by atoms with E-state index >= 15 is 0 Å². The van der Waals surface area contributed by atoms with E-state index in [4.69, 9.17) is 5.21 Å². The minimum Gasteiger partial charge on any atom is -0.411 e. The van der Waals surface area contributed by atoms with Crippen LogP contribution in [-0.4, -0.2) is 44.8 Å². The minimum atomic E-state index is -0.0639. The summed E-state index contributed by atoms with van der Waals surface area (Å²) in [7, 11) is 0. The lowest BCUT2D eigenvalue weighted by Crippen LogP contribution is -2.44. The molecular formula is C12H16N4O2. The van der Waals surface area contributed by atoms with E-state index in [0.717, 1.165) is 12.1 Å². The van der Waals surface area contributed by atoms with Gasteiger partial charge < -0.3 is 10.1 Å². The summed E-state index contributed by atoms with van der Waals surface area (Å²) in [6.45, 7) is 3.18. The first-order valence-corrected chi connectivity index (χ1v) is 6.01. The van der Waals surface area contributed by atoms with Gasteiger partial charge in [0, 0.05) is 37.8 Å².